The summed E-state index contributed by atoms with van der Waals surface area (Å²) in [6, 6.07) is 7.00. The fraction of sp³-hybridized carbons (Fsp3) is 0.389. The second kappa shape index (κ2) is 6.23. The third kappa shape index (κ3) is 3.65. The number of methoxy groups -OCH3 is 1. The second-order valence-corrected chi connectivity index (χ2v) is 6.92. The summed E-state index contributed by atoms with van der Waals surface area (Å²) in [7, 11) is 1.35. The van der Waals surface area contributed by atoms with Crippen LogP contribution >= 0.6 is 0 Å². The Balaban J connectivity index is 1.71. The maximum absolute atomic E-state index is 12.1. The molecule has 1 aromatic carbocycles. The van der Waals surface area contributed by atoms with Gasteiger partial charge in [0.2, 0.25) is 0 Å². The quantitative estimate of drug-likeness (QED) is 0.784. The molecule has 3 rings (SSSR count). The molecule has 0 radical (unpaired) electrons. The molecule has 7 heteroatoms. The summed E-state index contributed by atoms with van der Waals surface area (Å²) >= 11 is 0. The van der Waals surface area contributed by atoms with Gasteiger partial charge in [-0.3, -0.25) is 4.90 Å². The van der Waals surface area contributed by atoms with Crippen molar-refractivity contribution < 1.29 is 19.1 Å². The number of hydrogen-bond donors (Lipinski definition) is 0. The number of amides is 1. The van der Waals surface area contributed by atoms with E-state index in [1.807, 2.05) is 27.0 Å². The molecule has 0 saturated carbocycles. The van der Waals surface area contributed by atoms with Crippen LogP contribution in [-0.4, -0.2) is 39.5 Å². The van der Waals surface area contributed by atoms with Crippen LogP contribution in [0.15, 0.2) is 30.5 Å². The Bertz CT molecular complexity index is 779. The van der Waals surface area contributed by atoms with Crippen LogP contribution in [0, 0.1) is 0 Å². The average molecular weight is 343 g/mol. The number of esters is 1. The number of hydrogen-bond acceptors (Lipinski definition) is 5. The first-order chi connectivity index (χ1) is 11.8. The normalized spacial score (nSPS) is 13.5. The summed E-state index contributed by atoms with van der Waals surface area (Å²) in [5, 5.41) is 4.54. The topological polar surface area (TPSA) is 73.7 Å². The van der Waals surface area contributed by atoms with Gasteiger partial charge in [-0.15, -0.1) is 0 Å². The van der Waals surface area contributed by atoms with E-state index in [0.29, 0.717) is 18.7 Å². The van der Waals surface area contributed by atoms with Crippen LogP contribution in [0.3, 0.4) is 0 Å². The molecule has 0 aliphatic carbocycles. The summed E-state index contributed by atoms with van der Waals surface area (Å²) in [5.74, 6) is -0.373. The number of carbonyl (C=O) groups is 2. The molecule has 1 aliphatic heterocycles. The fourth-order valence-electron chi connectivity index (χ4n) is 2.61. The monoisotopic (exact) mass is 343 g/mol. The zero-order valence-corrected chi connectivity index (χ0v) is 14.8. The number of rotatable bonds is 2. The lowest BCUT2D eigenvalue weighted by atomic mass is 10.2. The first-order valence-corrected chi connectivity index (χ1v) is 8.01. The number of benzene rings is 1. The first kappa shape index (κ1) is 17.0. The lowest BCUT2D eigenvalue weighted by molar-refractivity contribution is 0.0239. The zero-order chi connectivity index (χ0) is 18.2. The minimum Gasteiger partial charge on any atom is -0.465 e. The highest BCUT2D eigenvalue weighted by Gasteiger charge is 2.30. The van der Waals surface area contributed by atoms with Gasteiger partial charge < -0.3 is 9.47 Å². The lowest BCUT2D eigenvalue weighted by Crippen LogP contribution is -2.33. The Morgan fingerprint density at radius 2 is 1.80 bits per heavy atom. The zero-order valence-electron chi connectivity index (χ0n) is 14.8. The highest BCUT2D eigenvalue weighted by molar-refractivity contribution is 5.89. The van der Waals surface area contributed by atoms with Crippen molar-refractivity contribution in [3.8, 4) is 5.69 Å². The Morgan fingerprint density at radius 3 is 2.36 bits per heavy atom. The van der Waals surface area contributed by atoms with Crippen LogP contribution in [0.2, 0.25) is 0 Å². The van der Waals surface area contributed by atoms with Crippen molar-refractivity contribution in [2.75, 3.05) is 7.11 Å². The van der Waals surface area contributed by atoms with Gasteiger partial charge in [-0.2, -0.15) is 5.10 Å². The van der Waals surface area contributed by atoms with Crippen LogP contribution < -0.4 is 0 Å². The Kier molecular flexibility index (Phi) is 4.24. The molecule has 0 atom stereocenters. The van der Waals surface area contributed by atoms with Gasteiger partial charge >= 0.3 is 12.1 Å². The van der Waals surface area contributed by atoms with E-state index < -0.39 is 5.60 Å². The lowest BCUT2D eigenvalue weighted by Gasteiger charge is -2.24. The van der Waals surface area contributed by atoms with Crippen molar-refractivity contribution in [1.82, 2.24) is 14.7 Å². The van der Waals surface area contributed by atoms with E-state index >= 15 is 0 Å². The minimum absolute atomic E-state index is 0.334. The van der Waals surface area contributed by atoms with Crippen molar-refractivity contribution in [2.45, 2.75) is 39.5 Å². The van der Waals surface area contributed by atoms with Crippen LogP contribution in [0.25, 0.3) is 5.69 Å². The van der Waals surface area contributed by atoms with E-state index in [1.54, 1.807) is 33.8 Å². The third-order valence-corrected chi connectivity index (χ3v) is 3.78. The van der Waals surface area contributed by atoms with Gasteiger partial charge in [0.15, 0.2) is 0 Å². The highest BCUT2D eigenvalue weighted by atomic mass is 16.6. The summed E-state index contributed by atoms with van der Waals surface area (Å²) in [5.41, 5.74) is 2.65. The van der Waals surface area contributed by atoms with E-state index in [0.717, 1.165) is 16.9 Å². The van der Waals surface area contributed by atoms with E-state index in [1.165, 1.54) is 7.11 Å². The Labute approximate surface area is 146 Å². The number of aromatic nitrogens is 2. The predicted molar refractivity (Wildman–Crippen MR) is 90.4 cm³/mol. The van der Waals surface area contributed by atoms with E-state index in [2.05, 4.69) is 9.84 Å². The summed E-state index contributed by atoms with van der Waals surface area (Å²) in [6.07, 6.45) is 1.56. The summed E-state index contributed by atoms with van der Waals surface area (Å²) in [6.45, 7) is 6.44. The fourth-order valence-corrected chi connectivity index (χ4v) is 2.61. The van der Waals surface area contributed by atoms with Crippen LogP contribution in [-0.2, 0) is 22.6 Å². The van der Waals surface area contributed by atoms with Crippen LogP contribution in [0.5, 0.6) is 0 Å². The van der Waals surface area contributed by atoms with Crippen molar-refractivity contribution in [3.05, 3.63) is 47.3 Å². The summed E-state index contributed by atoms with van der Waals surface area (Å²) in [4.78, 5) is 25.2. The maximum atomic E-state index is 12.1. The highest BCUT2D eigenvalue weighted by Crippen LogP contribution is 2.25. The molecule has 2 heterocycles. The molecule has 1 amide bonds. The molecule has 2 aromatic rings. The van der Waals surface area contributed by atoms with E-state index in [-0.39, 0.29) is 12.1 Å². The molecule has 0 spiro atoms. The number of ether oxygens (including phenoxy) is 2. The van der Waals surface area contributed by atoms with Gasteiger partial charge in [0.1, 0.15) is 5.60 Å². The first-order valence-electron chi connectivity index (χ1n) is 8.01. The molecular formula is C18H21N3O4. The third-order valence-electron chi connectivity index (χ3n) is 3.78. The average Bonchev–Trinajstić information content (AvgIpc) is 3.11. The van der Waals surface area contributed by atoms with Gasteiger partial charge in [0.05, 0.1) is 37.1 Å². The smallest absolute Gasteiger partial charge is 0.410 e. The molecule has 1 aliphatic rings. The van der Waals surface area contributed by atoms with Crippen LogP contribution in [0.4, 0.5) is 4.79 Å². The van der Waals surface area contributed by atoms with Crippen molar-refractivity contribution in [1.29, 1.82) is 0 Å². The standard InChI is InChI=1S/C18H21N3O4/c1-18(2,3)25-17(23)20-9-13-10-21(19-15(13)11-20)14-7-5-12(6-8-14)16(22)24-4/h5-8,10H,9,11H2,1-4H3. The largest absolute Gasteiger partial charge is 0.465 e. The maximum Gasteiger partial charge on any atom is 0.410 e. The van der Waals surface area contributed by atoms with Crippen molar-refractivity contribution in [3.63, 3.8) is 0 Å². The van der Waals surface area contributed by atoms with Crippen LogP contribution in [0.1, 0.15) is 42.4 Å². The molecule has 1 aromatic heterocycles. The van der Waals surface area contributed by atoms with E-state index in [9.17, 15) is 9.59 Å². The van der Waals surface area contributed by atoms with Gasteiger partial charge in [0, 0.05) is 11.8 Å². The van der Waals surface area contributed by atoms with Gasteiger partial charge in [-0.25, -0.2) is 14.3 Å². The minimum atomic E-state index is -0.515. The second-order valence-electron chi connectivity index (χ2n) is 6.92. The molecule has 0 unspecified atom stereocenters. The predicted octanol–water partition coefficient (Wildman–Crippen LogP) is 2.91. The molecule has 0 bridgehead atoms. The molecule has 0 saturated heterocycles. The molecule has 132 valence electrons. The van der Waals surface area contributed by atoms with Crippen molar-refractivity contribution in [2.24, 2.45) is 0 Å². The number of fused-ring (bicyclic) bond motifs is 1. The number of carbonyl (C=O) groups excluding carboxylic acids is 2. The van der Waals surface area contributed by atoms with Gasteiger partial charge in [-0.05, 0) is 45.0 Å². The van der Waals surface area contributed by atoms with E-state index in [4.69, 9.17) is 4.74 Å². The SMILES string of the molecule is COC(=O)c1ccc(-n2cc3c(n2)CN(C(=O)OC(C)(C)C)C3)cc1. The van der Waals surface area contributed by atoms with Gasteiger partial charge in [-0.1, -0.05) is 0 Å². The molecular weight excluding hydrogens is 322 g/mol. The van der Waals surface area contributed by atoms with Crippen molar-refractivity contribution >= 4 is 12.1 Å². The molecule has 0 N–H and O–H groups in total. The molecule has 0 fully saturated rings. The Morgan fingerprint density at radius 1 is 1.12 bits per heavy atom. The molecule has 7 nitrogen and oxygen atoms in total. The Hall–Kier alpha value is -2.83. The van der Waals surface area contributed by atoms with Gasteiger partial charge in [0.25, 0.3) is 0 Å². The number of nitrogens with zero attached hydrogens (tertiary/aromatic N) is 3. The molecule has 25 heavy (non-hydrogen) atoms. The summed E-state index contributed by atoms with van der Waals surface area (Å²) < 4.78 is 11.8.